The Morgan fingerprint density at radius 1 is 1.02 bits per heavy atom. The second kappa shape index (κ2) is 12.2. The molecule has 5 rings (SSSR count). The maximum atomic E-state index is 14.6. The fraction of sp³-hybridized carbons (Fsp3) is 0.344. The minimum atomic E-state index is -1.17. The summed E-state index contributed by atoms with van der Waals surface area (Å²) in [5.41, 5.74) is 0.0480. The number of para-hydroxylation sites is 1. The van der Waals surface area contributed by atoms with Crippen LogP contribution in [-0.2, 0) is 10.3 Å². The van der Waals surface area contributed by atoms with Gasteiger partial charge in [0, 0.05) is 13.1 Å². The normalized spacial score (nSPS) is 20.7. The van der Waals surface area contributed by atoms with Gasteiger partial charge in [0.15, 0.2) is 0 Å². The van der Waals surface area contributed by atoms with E-state index >= 15 is 0 Å². The van der Waals surface area contributed by atoms with Crippen LogP contribution in [0.3, 0.4) is 0 Å². The number of carbonyl (C=O) groups is 2. The van der Waals surface area contributed by atoms with Crippen LogP contribution in [0.25, 0.3) is 0 Å². The van der Waals surface area contributed by atoms with Crippen molar-refractivity contribution in [2.24, 2.45) is 10.4 Å². The van der Waals surface area contributed by atoms with Gasteiger partial charge in [0.05, 0.1) is 24.8 Å². The number of nitrogens with zero attached hydrogens (tertiary/aromatic N) is 3. The highest BCUT2D eigenvalue weighted by molar-refractivity contribution is 6.13. The topological polar surface area (TPSA) is 74.2 Å². The van der Waals surface area contributed by atoms with Gasteiger partial charge in [-0.2, -0.15) is 0 Å². The molecule has 0 aliphatic carbocycles. The summed E-state index contributed by atoms with van der Waals surface area (Å²) in [6.07, 6.45) is 0. The first kappa shape index (κ1) is 31.1. The van der Waals surface area contributed by atoms with Gasteiger partial charge in [-0.3, -0.25) is 19.6 Å². The Morgan fingerprint density at radius 2 is 1.64 bits per heavy atom. The summed E-state index contributed by atoms with van der Waals surface area (Å²) < 4.78 is 34.4. The maximum absolute atomic E-state index is 14.6. The lowest BCUT2D eigenvalue weighted by Gasteiger charge is -2.46. The van der Waals surface area contributed by atoms with Crippen molar-refractivity contribution in [2.45, 2.75) is 39.3 Å². The summed E-state index contributed by atoms with van der Waals surface area (Å²) in [6.45, 7) is 8.95. The molecule has 2 aliphatic rings. The van der Waals surface area contributed by atoms with Gasteiger partial charge < -0.3 is 10.1 Å². The molecule has 0 radical (unpaired) electrons. The molecule has 2 aliphatic heterocycles. The van der Waals surface area contributed by atoms with E-state index in [4.69, 9.17) is 9.73 Å². The fourth-order valence-electron chi connectivity index (χ4n) is 5.83. The number of piperazine rings is 1. The van der Waals surface area contributed by atoms with Crippen LogP contribution in [0, 0.1) is 17.0 Å². The highest BCUT2D eigenvalue weighted by Crippen LogP contribution is 2.58. The van der Waals surface area contributed by atoms with Crippen LogP contribution < -0.4 is 10.1 Å². The second-order valence-electron chi connectivity index (χ2n) is 11.2. The molecule has 2 heterocycles. The van der Waals surface area contributed by atoms with E-state index in [9.17, 15) is 18.4 Å². The Bertz CT molecular complexity index is 1470. The predicted octanol–water partition coefficient (Wildman–Crippen LogP) is 6.08. The van der Waals surface area contributed by atoms with Crippen LogP contribution in [0.1, 0.15) is 50.4 Å². The van der Waals surface area contributed by atoms with Crippen LogP contribution >= 0.6 is 12.4 Å². The van der Waals surface area contributed by atoms with Gasteiger partial charge in [-0.25, -0.2) is 13.6 Å². The number of benzene rings is 3. The number of ether oxygens (including phenoxy) is 1. The Hall–Kier alpha value is -3.82. The van der Waals surface area contributed by atoms with Crippen LogP contribution in [0.4, 0.5) is 13.6 Å². The minimum Gasteiger partial charge on any atom is -0.493 e. The number of hydrogen-bond acceptors (Lipinski definition) is 5. The van der Waals surface area contributed by atoms with Gasteiger partial charge >= 0.3 is 6.03 Å². The number of amides is 3. The highest BCUT2D eigenvalue weighted by atomic mass is 35.5. The van der Waals surface area contributed by atoms with E-state index in [2.05, 4.69) is 5.32 Å². The molecule has 0 saturated carbocycles. The van der Waals surface area contributed by atoms with Crippen molar-refractivity contribution in [3.8, 4) is 5.75 Å². The summed E-state index contributed by atoms with van der Waals surface area (Å²) in [4.78, 5) is 35.7. The zero-order valence-electron chi connectivity index (χ0n) is 24.1. The quantitative estimate of drug-likeness (QED) is 0.387. The molecular weight excluding hydrogens is 562 g/mol. The van der Waals surface area contributed by atoms with Gasteiger partial charge in [0.1, 0.15) is 28.8 Å². The summed E-state index contributed by atoms with van der Waals surface area (Å²) in [6, 6.07) is 18.0. The van der Waals surface area contributed by atoms with Crippen molar-refractivity contribution in [1.29, 1.82) is 0 Å². The number of urea groups is 1. The number of hydrogen-bond donors (Lipinski definition) is 1. The largest absolute Gasteiger partial charge is 0.493 e. The maximum Gasteiger partial charge on any atom is 0.333 e. The molecule has 2 atom stereocenters. The van der Waals surface area contributed by atoms with E-state index in [1.807, 2.05) is 52.0 Å². The second-order valence-corrected chi connectivity index (χ2v) is 11.2. The molecule has 3 amide bonds. The number of carbonyl (C=O) groups excluding carboxylic acids is 2. The van der Waals surface area contributed by atoms with E-state index in [0.717, 1.165) is 0 Å². The highest BCUT2D eigenvalue weighted by Gasteiger charge is 2.60. The zero-order valence-corrected chi connectivity index (χ0v) is 24.9. The summed E-state index contributed by atoms with van der Waals surface area (Å²) in [5.74, 6) is -0.335. The molecule has 7 nitrogen and oxygen atoms in total. The van der Waals surface area contributed by atoms with Gasteiger partial charge in [0.25, 0.3) is 0 Å². The lowest BCUT2D eigenvalue weighted by molar-refractivity contribution is -0.129. The number of imide groups is 1. The Morgan fingerprint density at radius 3 is 2.24 bits per heavy atom. The molecule has 0 spiro atoms. The molecule has 0 aromatic heterocycles. The van der Waals surface area contributed by atoms with Gasteiger partial charge in [-0.1, -0.05) is 57.2 Å². The van der Waals surface area contributed by atoms with E-state index in [-0.39, 0.29) is 31.4 Å². The van der Waals surface area contributed by atoms with Crippen LogP contribution in [-0.4, -0.2) is 53.8 Å². The summed E-state index contributed by atoms with van der Waals surface area (Å²) in [5, 5.41) is 3.01. The average Bonchev–Trinajstić information content (AvgIpc) is 3.32. The molecule has 10 heteroatoms. The Kier molecular flexibility index (Phi) is 9.03. The van der Waals surface area contributed by atoms with Gasteiger partial charge in [0.2, 0.25) is 5.91 Å². The third-order valence-electron chi connectivity index (χ3n) is 7.73. The average molecular weight is 597 g/mol. The SMILES string of the molecule is CCOc1ccccc1C1=NC(c2ccc(F)cc2)(C(C)(C)C)C(c2ccc(F)cc2)N1C(=O)N1CCNCC1=O.Cl. The first-order chi connectivity index (χ1) is 19.6. The molecule has 2 unspecified atom stereocenters. The first-order valence-electron chi connectivity index (χ1n) is 13.8. The van der Waals surface area contributed by atoms with Crippen LogP contribution in [0.5, 0.6) is 5.75 Å². The predicted molar refractivity (Wildman–Crippen MR) is 160 cm³/mol. The molecule has 3 aromatic carbocycles. The summed E-state index contributed by atoms with van der Waals surface area (Å²) >= 11 is 0. The van der Waals surface area contributed by atoms with E-state index in [0.29, 0.717) is 41.4 Å². The molecule has 222 valence electrons. The molecule has 3 aromatic rings. The third kappa shape index (κ3) is 5.39. The van der Waals surface area contributed by atoms with Crippen molar-refractivity contribution in [2.75, 3.05) is 26.2 Å². The molecule has 1 N–H and O–H groups in total. The van der Waals surface area contributed by atoms with E-state index in [1.54, 1.807) is 29.2 Å². The first-order valence-corrected chi connectivity index (χ1v) is 13.8. The molecule has 42 heavy (non-hydrogen) atoms. The van der Waals surface area contributed by atoms with Crippen molar-refractivity contribution >= 4 is 30.2 Å². The lowest BCUT2D eigenvalue weighted by atomic mass is 9.64. The number of halogens is 3. The number of aliphatic imine (C=N–C) groups is 1. The number of nitrogens with one attached hydrogen (secondary N) is 1. The van der Waals surface area contributed by atoms with Crippen molar-refractivity contribution in [3.63, 3.8) is 0 Å². The lowest BCUT2D eigenvalue weighted by Crippen LogP contribution is -2.57. The van der Waals surface area contributed by atoms with Crippen molar-refractivity contribution in [3.05, 3.63) is 101 Å². The van der Waals surface area contributed by atoms with Crippen LogP contribution in [0.15, 0.2) is 77.8 Å². The third-order valence-corrected chi connectivity index (χ3v) is 7.73. The standard InChI is InChI=1S/C32H34F2N4O3.ClH/c1-5-41-26-9-7-6-8-25(26)29-36-32(31(2,3)4,22-12-16-24(34)17-13-22)28(21-10-14-23(33)15-11-21)38(29)30(40)37-19-18-35-20-27(37)39;/h6-17,28,35H,5,18-20H2,1-4H3;1H. The Balaban J connectivity index is 0.00000405. The molecule has 1 saturated heterocycles. The van der Waals surface area contributed by atoms with Gasteiger partial charge in [-0.15, -0.1) is 12.4 Å². The minimum absolute atomic E-state index is 0. The molecule has 0 bridgehead atoms. The number of amidine groups is 1. The monoisotopic (exact) mass is 596 g/mol. The zero-order chi connectivity index (χ0) is 29.4. The smallest absolute Gasteiger partial charge is 0.333 e. The van der Waals surface area contributed by atoms with Gasteiger partial charge in [-0.05, 0) is 59.9 Å². The Labute approximate surface area is 251 Å². The molecule has 1 fully saturated rings. The van der Waals surface area contributed by atoms with E-state index < -0.39 is 34.7 Å². The van der Waals surface area contributed by atoms with Crippen molar-refractivity contribution in [1.82, 2.24) is 15.1 Å². The molecular formula is C32H35ClF2N4O3. The van der Waals surface area contributed by atoms with Crippen molar-refractivity contribution < 1.29 is 23.1 Å². The number of rotatable bonds is 5. The fourth-order valence-corrected chi connectivity index (χ4v) is 5.83. The van der Waals surface area contributed by atoms with Crippen LogP contribution in [0.2, 0.25) is 0 Å². The summed E-state index contributed by atoms with van der Waals surface area (Å²) in [7, 11) is 0. The van der Waals surface area contributed by atoms with E-state index in [1.165, 1.54) is 29.2 Å².